The first-order valence-electron chi connectivity index (χ1n) is 13.1. The molecule has 1 amide bonds. The number of esters is 1. The third kappa shape index (κ3) is 7.13. The van der Waals surface area contributed by atoms with Gasteiger partial charge in [-0.25, -0.2) is 4.79 Å². The molecule has 1 aliphatic rings. The maximum Gasteiger partial charge on any atom is 0.490 e. The van der Waals surface area contributed by atoms with Crippen LogP contribution in [0.25, 0.3) is 10.9 Å². The van der Waals surface area contributed by atoms with Gasteiger partial charge in [-0.2, -0.15) is 13.2 Å². The number of alkyl halides is 3. The minimum Gasteiger partial charge on any atom is -0.449 e. The minimum atomic E-state index is -5.11. The number of ether oxygens (including phenoxy) is 1. The third-order valence-electron chi connectivity index (χ3n) is 7.07. The molecule has 4 atom stereocenters. The van der Waals surface area contributed by atoms with Crippen molar-refractivity contribution in [2.24, 2.45) is 11.8 Å². The molecule has 210 valence electrons. The van der Waals surface area contributed by atoms with Crippen LogP contribution in [0.2, 0.25) is 5.02 Å². The van der Waals surface area contributed by atoms with Crippen LogP contribution in [0.15, 0.2) is 48.7 Å². The maximum atomic E-state index is 13.4. The predicted molar refractivity (Wildman–Crippen MR) is 145 cm³/mol. The molecule has 0 spiro atoms. The summed E-state index contributed by atoms with van der Waals surface area (Å²) in [6.45, 7) is 7.66. The molecular formula is C29H33ClF3N3O3. The van der Waals surface area contributed by atoms with E-state index >= 15 is 0 Å². The van der Waals surface area contributed by atoms with E-state index in [0.717, 1.165) is 36.0 Å². The van der Waals surface area contributed by atoms with Gasteiger partial charge in [0.2, 0.25) is 0 Å². The molecule has 0 aliphatic carbocycles. The monoisotopic (exact) mass is 563 g/mol. The number of H-pyrrole nitrogens is 1. The highest BCUT2D eigenvalue weighted by Crippen LogP contribution is 2.28. The van der Waals surface area contributed by atoms with Crippen molar-refractivity contribution in [3.05, 3.63) is 70.4 Å². The quantitative estimate of drug-likeness (QED) is 0.315. The second kappa shape index (κ2) is 12.0. The molecule has 0 radical (unpaired) electrons. The van der Waals surface area contributed by atoms with Crippen LogP contribution in [0.4, 0.5) is 13.2 Å². The Hall–Kier alpha value is -3.04. The van der Waals surface area contributed by atoms with E-state index in [1.165, 1.54) is 6.07 Å². The number of amides is 1. The average Bonchev–Trinajstić information content (AvgIpc) is 3.27. The molecule has 1 saturated heterocycles. The number of hydrogen-bond acceptors (Lipinski definition) is 4. The zero-order valence-electron chi connectivity index (χ0n) is 22.1. The second-order valence-corrected chi connectivity index (χ2v) is 11.1. The van der Waals surface area contributed by atoms with E-state index in [4.69, 9.17) is 16.3 Å². The molecule has 2 N–H and O–H groups in total. The number of carbonyl (C=O) groups excluding carboxylic acids is 2. The summed E-state index contributed by atoms with van der Waals surface area (Å²) in [4.78, 5) is 30.2. The summed E-state index contributed by atoms with van der Waals surface area (Å²) in [6.07, 6.45) is -2.78. The van der Waals surface area contributed by atoms with Crippen molar-refractivity contribution in [1.29, 1.82) is 0 Å². The zero-order chi connectivity index (χ0) is 28.3. The summed E-state index contributed by atoms with van der Waals surface area (Å²) in [5.41, 5.74) is 2.72. The van der Waals surface area contributed by atoms with Crippen molar-refractivity contribution in [1.82, 2.24) is 15.2 Å². The number of benzene rings is 2. The Kier molecular flexibility index (Phi) is 8.91. The first kappa shape index (κ1) is 29.0. The lowest BCUT2D eigenvalue weighted by Gasteiger charge is -2.35. The predicted octanol–water partition coefficient (Wildman–Crippen LogP) is 6.31. The van der Waals surface area contributed by atoms with Crippen molar-refractivity contribution < 1.29 is 27.5 Å². The number of nitrogens with one attached hydrogen (secondary N) is 2. The van der Waals surface area contributed by atoms with E-state index in [0.29, 0.717) is 34.4 Å². The van der Waals surface area contributed by atoms with Crippen molar-refractivity contribution in [3.63, 3.8) is 0 Å². The number of rotatable bonds is 8. The Labute approximate surface area is 230 Å². The summed E-state index contributed by atoms with van der Waals surface area (Å²) >= 11 is 6.01. The van der Waals surface area contributed by atoms with Crippen LogP contribution in [-0.4, -0.2) is 53.6 Å². The third-order valence-corrected chi connectivity index (χ3v) is 7.30. The lowest BCUT2D eigenvalue weighted by atomic mass is 9.91. The van der Waals surface area contributed by atoms with Gasteiger partial charge < -0.3 is 19.9 Å². The minimum absolute atomic E-state index is 0.00872. The Morgan fingerprint density at radius 1 is 1.15 bits per heavy atom. The average molecular weight is 564 g/mol. The standard InChI is InChI=1S/C29H33ClF3N3O3/c1-17-10-18(2)16-36(15-17)27(37)24-9-5-8-23-21(13-35-26(23)24)11-19(3)34-14-25(39-28(38)29(31,32)33)20-6-4-7-22(30)12-20/h4-9,12-13,17-19,25,34-35H,10-11,14-16H2,1-3H3/t17?,18?,19-,25+/m1/s1. The molecule has 6 nitrogen and oxygen atoms in total. The molecule has 1 aromatic heterocycles. The van der Waals surface area contributed by atoms with E-state index in [1.807, 2.05) is 36.2 Å². The number of fused-ring (bicyclic) bond motifs is 1. The van der Waals surface area contributed by atoms with Gasteiger partial charge in [0.05, 0.1) is 11.1 Å². The van der Waals surface area contributed by atoms with Gasteiger partial charge in [-0.3, -0.25) is 4.79 Å². The fraction of sp³-hybridized carbons (Fsp3) is 0.448. The van der Waals surface area contributed by atoms with Gasteiger partial charge in [0, 0.05) is 42.3 Å². The van der Waals surface area contributed by atoms with E-state index in [9.17, 15) is 22.8 Å². The smallest absolute Gasteiger partial charge is 0.449 e. The number of hydrogen-bond donors (Lipinski definition) is 2. The molecule has 3 aromatic rings. The molecule has 39 heavy (non-hydrogen) atoms. The molecular weight excluding hydrogens is 531 g/mol. The number of carbonyl (C=O) groups is 2. The summed E-state index contributed by atoms with van der Waals surface area (Å²) in [5, 5.41) is 4.43. The SMILES string of the molecule is CC1CC(C)CN(C(=O)c2cccc3c(C[C@@H](C)NC[C@H](OC(=O)C(F)(F)F)c4cccc(Cl)c4)c[nH]c23)C1. The second-order valence-electron chi connectivity index (χ2n) is 10.7. The van der Waals surface area contributed by atoms with Gasteiger partial charge in [-0.15, -0.1) is 0 Å². The molecule has 1 aliphatic heterocycles. The molecule has 1 fully saturated rings. The number of para-hydroxylation sites is 1. The lowest BCUT2D eigenvalue weighted by Crippen LogP contribution is -2.42. The molecule has 4 rings (SSSR count). The van der Waals surface area contributed by atoms with Crippen LogP contribution in [0.5, 0.6) is 0 Å². The van der Waals surface area contributed by atoms with Crippen LogP contribution < -0.4 is 5.32 Å². The van der Waals surface area contributed by atoms with Gasteiger partial charge in [0.25, 0.3) is 5.91 Å². The van der Waals surface area contributed by atoms with Crippen LogP contribution in [0, 0.1) is 11.8 Å². The highest BCUT2D eigenvalue weighted by atomic mass is 35.5. The fourth-order valence-corrected chi connectivity index (χ4v) is 5.60. The summed E-state index contributed by atoms with van der Waals surface area (Å²) in [5.74, 6) is -1.34. The van der Waals surface area contributed by atoms with E-state index in [-0.39, 0.29) is 18.5 Å². The topological polar surface area (TPSA) is 74.4 Å². The Bertz CT molecular complexity index is 1320. The van der Waals surface area contributed by atoms with Gasteiger partial charge in [-0.05, 0) is 60.9 Å². The number of likely N-dealkylation sites (tertiary alicyclic amines) is 1. The number of piperidine rings is 1. The number of aromatic nitrogens is 1. The maximum absolute atomic E-state index is 13.4. The lowest BCUT2D eigenvalue weighted by molar-refractivity contribution is -0.205. The van der Waals surface area contributed by atoms with Gasteiger partial charge >= 0.3 is 12.1 Å². The Morgan fingerprint density at radius 3 is 2.51 bits per heavy atom. The fourth-order valence-electron chi connectivity index (χ4n) is 5.40. The van der Waals surface area contributed by atoms with Crippen LogP contribution in [0.3, 0.4) is 0 Å². The van der Waals surface area contributed by atoms with Gasteiger partial charge in [0.15, 0.2) is 0 Å². The van der Waals surface area contributed by atoms with E-state index in [2.05, 4.69) is 24.1 Å². The molecule has 2 unspecified atom stereocenters. The van der Waals surface area contributed by atoms with Crippen molar-refractivity contribution in [3.8, 4) is 0 Å². The molecule has 0 saturated carbocycles. The molecule has 2 heterocycles. The molecule has 2 aromatic carbocycles. The number of nitrogens with zero attached hydrogens (tertiary/aromatic N) is 1. The van der Waals surface area contributed by atoms with Crippen molar-refractivity contribution in [2.75, 3.05) is 19.6 Å². The van der Waals surface area contributed by atoms with Crippen molar-refractivity contribution >= 4 is 34.4 Å². The summed E-state index contributed by atoms with van der Waals surface area (Å²) in [6, 6.07) is 11.7. The van der Waals surface area contributed by atoms with E-state index < -0.39 is 18.2 Å². The van der Waals surface area contributed by atoms with E-state index in [1.54, 1.807) is 18.2 Å². The highest BCUT2D eigenvalue weighted by Gasteiger charge is 2.42. The molecule has 10 heteroatoms. The number of halogens is 4. The first-order chi connectivity index (χ1) is 18.4. The van der Waals surface area contributed by atoms with Crippen molar-refractivity contribution in [2.45, 2.75) is 51.9 Å². The normalized spacial score (nSPS) is 19.6. The highest BCUT2D eigenvalue weighted by molar-refractivity contribution is 6.30. The Balaban J connectivity index is 1.47. The molecule has 0 bridgehead atoms. The van der Waals surface area contributed by atoms with Crippen LogP contribution in [0.1, 0.15) is 54.8 Å². The largest absolute Gasteiger partial charge is 0.490 e. The number of aromatic amines is 1. The summed E-state index contributed by atoms with van der Waals surface area (Å²) < 4.78 is 43.5. The van der Waals surface area contributed by atoms with Gasteiger partial charge in [-0.1, -0.05) is 49.7 Å². The first-order valence-corrected chi connectivity index (χ1v) is 13.4. The van der Waals surface area contributed by atoms with Crippen LogP contribution in [-0.2, 0) is 16.0 Å². The van der Waals surface area contributed by atoms with Crippen LogP contribution >= 0.6 is 11.6 Å². The zero-order valence-corrected chi connectivity index (χ0v) is 22.9. The Morgan fingerprint density at radius 2 is 1.85 bits per heavy atom. The van der Waals surface area contributed by atoms with Gasteiger partial charge in [0.1, 0.15) is 6.10 Å². The summed E-state index contributed by atoms with van der Waals surface area (Å²) in [7, 11) is 0.